The van der Waals surface area contributed by atoms with Crippen molar-refractivity contribution >= 4 is 41.8 Å². The number of rotatable bonds is 7. The molecule has 0 aliphatic carbocycles. The number of carbonyl (C=O) groups is 1. The van der Waals surface area contributed by atoms with Crippen molar-refractivity contribution in [3.05, 3.63) is 60.4 Å². The predicted molar refractivity (Wildman–Crippen MR) is 128 cm³/mol. The molecule has 0 spiro atoms. The van der Waals surface area contributed by atoms with Gasteiger partial charge in [-0.2, -0.15) is 0 Å². The molecule has 0 saturated carbocycles. The number of para-hydroxylation sites is 3. The van der Waals surface area contributed by atoms with Crippen molar-refractivity contribution in [1.82, 2.24) is 19.8 Å². The number of aromatic nitrogens is 2. The summed E-state index contributed by atoms with van der Waals surface area (Å²) in [7, 11) is 1.97. The van der Waals surface area contributed by atoms with Crippen LogP contribution in [0.15, 0.2) is 54.6 Å². The molecule has 0 radical (unpaired) electrons. The van der Waals surface area contributed by atoms with Crippen LogP contribution >= 0.6 is 24.8 Å². The van der Waals surface area contributed by atoms with Gasteiger partial charge in [0, 0.05) is 13.1 Å². The Kier molecular flexibility index (Phi) is 9.62. The number of hydrogen-bond donors (Lipinski definition) is 1. The number of piperidine rings is 1. The van der Waals surface area contributed by atoms with Crippen molar-refractivity contribution in [3.8, 4) is 5.75 Å². The first-order valence-electron chi connectivity index (χ1n) is 10.3. The first-order valence-corrected chi connectivity index (χ1v) is 10.3. The average Bonchev–Trinajstić information content (AvgIpc) is 3.11. The van der Waals surface area contributed by atoms with Gasteiger partial charge in [0.25, 0.3) is 0 Å². The minimum Gasteiger partial charge on any atom is -0.486 e. The van der Waals surface area contributed by atoms with Gasteiger partial charge in [0.1, 0.15) is 24.7 Å². The van der Waals surface area contributed by atoms with E-state index in [1.807, 2.05) is 71.1 Å². The first-order chi connectivity index (χ1) is 14.2. The summed E-state index contributed by atoms with van der Waals surface area (Å²) < 4.78 is 7.92. The van der Waals surface area contributed by atoms with E-state index in [2.05, 4.69) is 5.32 Å². The molecule has 31 heavy (non-hydrogen) atoms. The van der Waals surface area contributed by atoms with Gasteiger partial charge in [-0.15, -0.1) is 24.8 Å². The number of benzene rings is 2. The van der Waals surface area contributed by atoms with Gasteiger partial charge < -0.3 is 19.5 Å². The van der Waals surface area contributed by atoms with Crippen molar-refractivity contribution in [2.24, 2.45) is 5.92 Å². The molecule has 1 aliphatic heterocycles. The van der Waals surface area contributed by atoms with Crippen molar-refractivity contribution in [2.45, 2.75) is 26.0 Å². The van der Waals surface area contributed by atoms with Crippen LogP contribution in [0.25, 0.3) is 11.0 Å². The molecule has 1 atom stereocenters. The predicted octanol–water partition coefficient (Wildman–Crippen LogP) is 3.92. The highest BCUT2D eigenvalue weighted by Crippen LogP contribution is 2.20. The third-order valence-electron chi connectivity index (χ3n) is 5.50. The van der Waals surface area contributed by atoms with E-state index in [9.17, 15) is 4.79 Å². The number of nitrogens with one attached hydrogen (secondary N) is 1. The molecule has 2 heterocycles. The fourth-order valence-electron chi connectivity index (χ4n) is 4.06. The Labute approximate surface area is 195 Å². The summed E-state index contributed by atoms with van der Waals surface area (Å²) in [5, 5.41) is 3.24. The zero-order chi connectivity index (χ0) is 20.1. The van der Waals surface area contributed by atoms with Gasteiger partial charge in [-0.25, -0.2) is 4.98 Å². The van der Waals surface area contributed by atoms with E-state index in [0.29, 0.717) is 19.1 Å². The summed E-state index contributed by atoms with van der Waals surface area (Å²) in [5.74, 6) is 2.24. The van der Waals surface area contributed by atoms with Crippen molar-refractivity contribution in [1.29, 1.82) is 0 Å². The van der Waals surface area contributed by atoms with E-state index in [1.54, 1.807) is 0 Å². The molecule has 0 bridgehead atoms. The van der Waals surface area contributed by atoms with Crippen LogP contribution in [-0.2, 0) is 17.9 Å². The number of nitrogens with zero attached hydrogens (tertiary/aromatic N) is 3. The molecule has 1 N–H and O–H groups in total. The Morgan fingerprint density at radius 2 is 1.87 bits per heavy atom. The van der Waals surface area contributed by atoms with Crippen LogP contribution in [0, 0.1) is 5.92 Å². The Bertz CT molecular complexity index is 963. The average molecular weight is 465 g/mol. The fourth-order valence-corrected chi connectivity index (χ4v) is 4.06. The zero-order valence-corrected chi connectivity index (χ0v) is 19.3. The smallest absolute Gasteiger partial charge is 0.242 e. The second kappa shape index (κ2) is 11.9. The maximum Gasteiger partial charge on any atom is 0.242 e. The number of likely N-dealkylation sites (tertiary alicyclic amines) is 1. The quantitative estimate of drug-likeness (QED) is 0.575. The van der Waals surface area contributed by atoms with Gasteiger partial charge in [0.15, 0.2) is 0 Å². The van der Waals surface area contributed by atoms with Crippen LogP contribution in [0.1, 0.15) is 18.7 Å². The molecule has 1 fully saturated rings. The molecule has 168 valence electrons. The van der Waals surface area contributed by atoms with Gasteiger partial charge in [-0.05, 0) is 56.6 Å². The largest absolute Gasteiger partial charge is 0.486 e. The Morgan fingerprint density at radius 1 is 1.13 bits per heavy atom. The highest BCUT2D eigenvalue weighted by Gasteiger charge is 2.24. The van der Waals surface area contributed by atoms with E-state index in [4.69, 9.17) is 9.72 Å². The van der Waals surface area contributed by atoms with Crippen LogP contribution in [0.3, 0.4) is 0 Å². The monoisotopic (exact) mass is 464 g/mol. The second-order valence-corrected chi connectivity index (χ2v) is 7.61. The maximum atomic E-state index is 13.1. The molecule has 1 amide bonds. The third-order valence-corrected chi connectivity index (χ3v) is 5.50. The summed E-state index contributed by atoms with van der Waals surface area (Å²) >= 11 is 0. The van der Waals surface area contributed by atoms with Crippen molar-refractivity contribution < 1.29 is 9.53 Å². The number of fused-ring (bicyclic) bond motifs is 1. The summed E-state index contributed by atoms with van der Waals surface area (Å²) in [5.41, 5.74) is 1.86. The van der Waals surface area contributed by atoms with E-state index in [-0.39, 0.29) is 30.7 Å². The summed E-state index contributed by atoms with van der Waals surface area (Å²) in [6.45, 7) is 3.23. The van der Waals surface area contributed by atoms with Crippen LogP contribution in [-0.4, -0.2) is 47.0 Å². The third kappa shape index (κ3) is 6.12. The molecule has 1 unspecified atom stereocenters. The van der Waals surface area contributed by atoms with Gasteiger partial charge in [-0.3, -0.25) is 4.79 Å². The molecular formula is C23H30Cl2N4O2. The lowest BCUT2D eigenvalue weighted by atomic mass is 9.98. The molecule has 3 aromatic rings. The molecule has 6 nitrogen and oxygen atoms in total. The topological polar surface area (TPSA) is 59.4 Å². The molecule has 1 aromatic heterocycles. The minimum absolute atomic E-state index is 0. The van der Waals surface area contributed by atoms with Crippen molar-refractivity contribution in [3.63, 3.8) is 0 Å². The molecule has 1 aliphatic rings. The van der Waals surface area contributed by atoms with E-state index in [1.165, 1.54) is 6.42 Å². The molecule has 4 rings (SSSR count). The van der Waals surface area contributed by atoms with Crippen LogP contribution in [0.5, 0.6) is 5.75 Å². The Hall–Kier alpha value is -2.28. The summed E-state index contributed by atoms with van der Waals surface area (Å²) in [4.78, 5) is 19.8. The second-order valence-electron chi connectivity index (χ2n) is 7.61. The van der Waals surface area contributed by atoms with Crippen molar-refractivity contribution in [2.75, 3.05) is 26.7 Å². The lowest BCUT2D eigenvalue weighted by Crippen LogP contribution is -2.43. The highest BCUT2D eigenvalue weighted by atomic mass is 35.5. The number of halogens is 2. The zero-order valence-electron chi connectivity index (χ0n) is 17.7. The van der Waals surface area contributed by atoms with Gasteiger partial charge >= 0.3 is 0 Å². The normalized spacial score (nSPS) is 15.8. The highest BCUT2D eigenvalue weighted by molar-refractivity contribution is 5.85. The lowest BCUT2D eigenvalue weighted by molar-refractivity contribution is -0.133. The number of ether oxygens (including phenoxy) is 1. The molecule has 1 saturated heterocycles. The van der Waals surface area contributed by atoms with E-state index < -0.39 is 0 Å². The maximum absolute atomic E-state index is 13.1. The lowest BCUT2D eigenvalue weighted by Gasteiger charge is -2.33. The van der Waals surface area contributed by atoms with E-state index in [0.717, 1.165) is 48.7 Å². The number of carbonyl (C=O) groups excluding carboxylic acids is 1. The van der Waals surface area contributed by atoms with Gasteiger partial charge in [0.05, 0.1) is 11.0 Å². The van der Waals surface area contributed by atoms with Crippen LogP contribution < -0.4 is 10.1 Å². The molecular weight excluding hydrogens is 435 g/mol. The molecule has 2 aromatic carbocycles. The SMILES string of the molecule is CNCC1CCCN(C(=O)Cn2c(COc3ccccc3)nc3ccccc32)C1.Cl.Cl. The Balaban J connectivity index is 0.00000171. The van der Waals surface area contributed by atoms with Gasteiger partial charge in [0.2, 0.25) is 5.91 Å². The van der Waals surface area contributed by atoms with Gasteiger partial charge in [-0.1, -0.05) is 30.3 Å². The number of imidazole rings is 1. The van der Waals surface area contributed by atoms with Crippen LogP contribution in [0.2, 0.25) is 0 Å². The fraction of sp³-hybridized carbons (Fsp3) is 0.391. The number of amides is 1. The minimum atomic E-state index is 0. The number of hydrogen-bond acceptors (Lipinski definition) is 4. The standard InChI is InChI=1S/C23H28N4O2.2ClH/c1-24-14-18-8-7-13-26(15-18)23(28)16-27-21-12-6-5-11-20(21)25-22(27)17-29-19-9-3-2-4-10-19;;/h2-6,9-12,18,24H,7-8,13-17H2,1H3;2*1H. The first kappa shape index (κ1) is 25.0. The van der Waals surface area contributed by atoms with Crippen LogP contribution in [0.4, 0.5) is 0 Å². The molecule has 8 heteroatoms. The van der Waals surface area contributed by atoms with E-state index >= 15 is 0 Å². The summed E-state index contributed by atoms with van der Waals surface area (Å²) in [6, 6.07) is 17.6. The summed E-state index contributed by atoms with van der Waals surface area (Å²) in [6.07, 6.45) is 2.24. The Morgan fingerprint density at radius 3 is 2.65 bits per heavy atom.